The molecule has 2 rings (SSSR count). The Morgan fingerprint density at radius 1 is 1.38 bits per heavy atom. The van der Waals surface area contributed by atoms with Crippen LogP contribution in [0.5, 0.6) is 0 Å². The van der Waals surface area contributed by atoms with Crippen molar-refractivity contribution in [3.8, 4) is 0 Å². The molecule has 2 N–H and O–H groups in total. The first-order chi connectivity index (χ1) is 11.5. The molecule has 1 aliphatic rings. The van der Waals surface area contributed by atoms with Crippen LogP contribution in [0.25, 0.3) is 0 Å². The maximum atomic E-state index is 12.7. The predicted molar refractivity (Wildman–Crippen MR) is 96.3 cm³/mol. The predicted octanol–water partition coefficient (Wildman–Crippen LogP) is 2.36. The fraction of sp³-hybridized carbons (Fsp3) is 0.588. The zero-order valence-corrected chi connectivity index (χ0v) is 15.4. The fourth-order valence-corrected chi connectivity index (χ4v) is 3.32. The highest BCUT2D eigenvalue weighted by atomic mass is 32.2. The van der Waals surface area contributed by atoms with E-state index in [1.165, 1.54) is 11.8 Å². The largest absolute Gasteiger partial charge is 0.339 e. The molecule has 24 heavy (non-hydrogen) atoms. The lowest BCUT2D eigenvalue weighted by Gasteiger charge is -2.32. The summed E-state index contributed by atoms with van der Waals surface area (Å²) in [7, 11) is 0. The van der Waals surface area contributed by atoms with Crippen molar-refractivity contribution in [3.63, 3.8) is 0 Å². The molecule has 1 aromatic heterocycles. The van der Waals surface area contributed by atoms with Crippen LogP contribution in [0.2, 0.25) is 0 Å². The Balaban J connectivity index is 1.82. The molecule has 0 spiro atoms. The first-order valence-electron chi connectivity index (χ1n) is 8.34. The van der Waals surface area contributed by atoms with E-state index in [1.54, 1.807) is 12.3 Å². The standard InChI is InChI=1S/C17H26N4O2S/c1-12(2)20-17(23)19-11-13-6-9-21(10-7-13)16(22)14-5-4-8-18-15(14)24-3/h4-5,8,12-13H,6-7,9-11H2,1-3H3,(H2,19,20,23). The number of rotatable bonds is 5. The topological polar surface area (TPSA) is 74.3 Å². The van der Waals surface area contributed by atoms with E-state index in [0.717, 1.165) is 31.0 Å². The average Bonchev–Trinajstić information content (AvgIpc) is 2.59. The number of thioether (sulfide) groups is 1. The molecule has 6 nitrogen and oxygen atoms in total. The van der Waals surface area contributed by atoms with Crippen LogP contribution < -0.4 is 10.6 Å². The number of pyridine rings is 1. The molecule has 0 radical (unpaired) electrons. The SMILES string of the molecule is CSc1ncccc1C(=O)N1CCC(CNC(=O)NC(C)C)CC1. The number of nitrogens with zero attached hydrogens (tertiary/aromatic N) is 2. The van der Waals surface area contributed by atoms with Gasteiger partial charge in [0.2, 0.25) is 0 Å². The number of aromatic nitrogens is 1. The Bertz CT molecular complexity index is 571. The molecule has 1 saturated heterocycles. The van der Waals surface area contributed by atoms with Crippen LogP contribution in [0.4, 0.5) is 4.79 Å². The fourth-order valence-electron chi connectivity index (χ4n) is 2.78. The van der Waals surface area contributed by atoms with Gasteiger partial charge in [-0.3, -0.25) is 4.79 Å². The van der Waals surface area contributed by atoms with Crippen LogP contribution in [0.3, 0.4) is 0 Å². The molecule has 132 valence electrons. The molecule has 0 bridgehead atoms. The lowest BCUT2D eigenvalue weighted by atomic mass is 9.96. The van der Waals surface area contributed by atoms with Gasteiger partial charge in [0, 0.05) is 31.9 Å². The Hall–Kier alpha value is -1.76. The van der Waals surface area contributed by atoms with Gasteiger partial charge in [0.05, 0.1) is 5.56 Å². The molecule has 7 heteroatoms. The van der Waals surface area contributed by atoms with Gasteiger partial charge in [-0.2, -0.15) is 0 Å². The zero-order chi connectivity index (χ0) is 17.5. The summed E-state index contributed by atoms with van der Waals surface area (Å²) in [6.07, 6.45) is 5.45. The first kappa shape index (κ1) is 18.6. The van der Waals surface area contributed by atoms with Gasteiger partial charge >= 0.3 is 6.03 Å². The summed E-state index contributed by atoms with van der Waals surface area (Å²) in [5.41, 5.74) is 0.679. The third-order valence-electron chi connectivity index (χ3n) is 4.07. The molecule has 0 unspecified atom stereocenters. The molecule has 1 fully saturated rings. The van der Waals surface area contributed by atoms with Gasteiger partial charge in [0.1, 0.15) is 5.03 Å². The van der Waals surface area contributed by atoms with Gasteiger partial charge in [-0.05, 0) is 51.0 Å². The molecule has 0 aliphatic carbocycles. The minimum Gasteiger partial charge on any atom is -0.339 e. The quantitative estimate of drug-likeness (QED) is 0.800. The van der Waals surface area contributed by atoms with Crippen molar-refractivity contribution in [1.29, 1.82) is 0 Å². The lowest BCUT2D eigenvalue weighted by molar-refractivity contribution is 0.0686. The first-order valence-corrected chi connectivity index (χ1v) is 9.56. The van der Waals surface area contributed by atoms with Crippen LogP contribution in [0.15, 0.2) is 23.4 Å². The van der Waals surface area contributed by atoms with Crippen LogP contribution in [-0.4, -0.2) is 53.8 Å². The molecule has 0 saturated carbocycles. The van der Waals surface area contributed by atoms with Crippen LogP contribution in [0.1, 0.15) is 37.0 Å². The highest BCUT2D eigenvalue weighted by molar-refractivity contribution is 7.98. The maximum Gasteiger partial charge on any atom is 0.314 e. The van der Waals surface area contributed by atoms with Gasteiger partial charge in [0.15, 0.2) is 0 Å². The summed E-state index contributed by atoms with van der Waals surface area (Å²) in [6, 6.07) is 3.65. The van der Waals surface area contributed by atoms with Crippen molar-refractivity contribution in [2.24, 2.45) is 5.92 Å². The van der Waals surface area contributed by atoms with Crippen molar-refractivity contribution >= 4 is 23.7 Å². The molecule has 1 aromatic rings. The number of piperidine rings is 1. The molecule has 0 aromatic carbocycles. The zero-order valence-electron chi connectivity index (χ0n) is 14.5. The second-order valence-corrected chi connectivity index (χ2v) is 7.10. The number of urea groups is 1. The minimum atomic E-state index is -0.122. The number of nitrogens with one attached hydrogen (secondary N) is 2. The summed E-state index contributed by atoms with van der Waals surface area (Å²) in [5.74, 6) is 0.470. The Labute approximate surface area is 147 Å². The monoisotopic (exact) mass is 350 g/mol. The van der Waals surface area contributed by atoms with Crippen molar-refractivity contribution in [2.45, 2.75) is 37.8 Å². The smallest absolute Gasteiger partial charge is 0.314 e. The van der Waals surface area contributed by atoms with Gasteiger partial charge in [-0.25, -0.2) is 9.78 Å². The summed E-state index contributed by atoms with van der Waals surface area (Å²) in [4.78, 5) is 30.4. The molecule has 1 aliphatic heterocycles. The third-order valence-corrected chi connectivity index (χ3v) is 4.78. The number of likely N-dealkylation sites (tertiary alicyclic amines) is 1. The number of amides is 3. The van der Waals surface area contributed by atoms with Gasteiger partial charge in [0.25, 0.3) is 5.91 Å². The van der Waals surface area contributed by atoms with E-state index in [9.17, 15) is 9.59 Å². The number of hydrogen-bond acceptors (Lipinski definition) is 4. The Morgan fingerprint density at radius 3 is 2.71 bits per heavy atom. The number of carbonyl (C=O) groups excluding carboxylic acids is 2. The van der Waals surface area contributed by atoms with Crippen molar-refractivity contribution in [2.75, 3.05) is 25.9 Å². The van der Waals surface area contributed by atoms with E-state index in [1.807, 2.05) is 31.1 Å². The molecule has 2 heterocycles. The van der Waals surface area contributed by atoms with E-state index >= 15 is 0 Å². The highest BCUT2D eigenvalue weighted by Crippen LogP contribution is 2.22. The van der Waals surface area contributed by atoms with Crippen LogP contribution in [-0.2, 0) is 0 Å². The summed E-state index contributed by atoms with van der Waals surface area (Å²) in [6.45, 7) is 5.97. The van der Waals surface area contributed by atoms with E-state index in [4.69, 9.17) is 0 Å². The second kappa shape index (κ2) is 8.92. The van der Waals surface area contributed by atoms with Crippen molar-refractivity contribution in [1.82, 2.24) is 20.5 Å². The average molecular weight is 350 g/mol. The van der Waals surface area contributed by atoms with E-state index in [2.05, 4.69) is 15.6 Å². The summed E-state index contributed by atoms with van der Waals surface area (Å²) in [5, 5.41) is 6.51. The molecule has 0 atom stereocenters. The van der Waals surface area contributed by atoms with Gasteiger partial charge in [-0.15, -0.1) is 11.8 Å². The Kier molecular flexibility index (Phi) is 6.90. The van der Waals surface area contributed by atoms with Crippen LogP contribution >= 0.6 is 11.8 Å². The minimum absolute atomic E-state index is 0.0522. The Morgan fingerprint density at radius 2 is 2.08 bits per heavy atom. The normalized spacial score (nSPS) is 15.4. The van der Waals surface area contributed by atoms with Gasteiger partial charge in [-0.1, -0.05) is 0 Å². The number of hydrogen-bond donors (Lipinski definition) is 2. The number of carbonyl (C=O) groups is 2. The van der Waals surface area contributed by atoms with Crippen molar-refractivity contribution in [3.05, 3.63) is 23.9 Å². The second-order valence-electron chi connectivity index (χ2n) is 6.30. The van der Waals surface area contributed by atoms with Crippen molar-refractivity contribution < 1.29 is 9.59 Å². The van der Waals surface area contributed by atoms with E-state index in [-0.39, 0.29) is 18.0 Å². The third kappa shape index (κ3) is 5.12. The maximum absolute atomic E-state index is 12.7. The molecule has 3 amide bonds. The summed E-state index contributed by atoms with van der Waals surface area (Å²) < 4.78 is 0. The lowest BCUT2D eigenvalue weighted by Crippen LogP contribution is -2.44. The molecular formula is C17H26N4O2S. The highest BCUT2D eigenvalue weighted by Gasteiger charge is 2.25. The summed E-state index contributed by atoms with van der Waals surface area (Å²) >= 11 is 1.49. The van der Waals surface area contributed by atoms with E-state index in [0.29, 0.717) is 18.0 Å². The van der Waals surface area contributed by atoms with Gasteiger partial charge < -0.3 is 15.5 Å². The molecular weight excluding hydrogens is 324 g/mol. The van der Waals surface area contributed by atoms with E-state index < -0.39 is 0 Å². The van der Waals surface area contributed by atoms with Crippen LogP contribution in [0, 0.1) is 5.92 Å².